The first-order valence-electron chi connectivity index (χ1n) is 10.6. The third-order valence-electron chi connectivity index (χ3n) is 5.35. The van der Waals surface area contributed by atoms with E-state index in [2.05, 4.69) is 19.2 Å². The van der Waals surface area contributed by atoms with Gasteiger partial charge in [-0.25, -0.2) is 9.18 Å². The summed E-state index contributed by atoms with van der Waals surface area (Å²) in [6, 6.07) is 6.82. The van der Waals surface area contributed by atoms with Crippen molar-refractivity contribution in [3.63, 3.8) is 0 Å². The van der Waals surface area contributed by atoms with Gasteiger partial charge in [-0.1, -0.05) is 63.8 Å². The van der Waals surface area contributed by atoms with Crippen molar-refractivity contribution >= 4 is 12.1 Å². The van der Waals surface area contributed by atoms with E-state index in [1.54, 1.807) is 12.1 Å². The standard InChI is InChI=1S/C23H35FN2O/c1-3-8-20(9-4-2)18-26(23(27)25-22-11-5-6-12-22)17-7-10-19-13-15-21(24)16-14-19/h7,10,13-16,20,22H,3-6,8-9,11-12,17-18H2,1-2H3,(H,25,27)/b10-7+. The summed E-state index contributed by atoms with van der Waals surface area (Å²) in [4.78, 5) is 14.8. The van der Waals surface area contributed by atoms with Crippen molar-refractivity contribution in [1.82, 2.24) is 10.2 Å². The maximum absolute atomic E-state index is 13.0. The first-order chi connectivity index (χ1) is 13.1. The van der Waals surface area contributed by atoms with E-state index in [0.717, 1.165) is 50.6 Å². The van der Waals surface area contributed by atoms with Crippen LogP contribution in [0.1, 0.15) is 70.8 Å². The number of hydrogen-bond donors (Lipinski definition) is 1. The first-order valence-corrected chi connectivity index (χ1v) is 10.6. The van der Waals surface area contributed by atoms with Crippen molar-refractivity contribution in [2.24, 2.45) is 5.92 Å². The first kappa shape index (κ1) is 21.5. The summed E-state index contributed by atoms with van der Waals surface area (Å²) >= 11 is 0. The molecule has 4 heteroatoms. The van der Waals surface area contributed by atoms with Gasteiger partial charge in [-0.15, -0.1) is 0 Å². The molecule has 1 aromatic rings. The van der Waals surface area contributed by atoms with Crippen molar-refractivity contribution in [3.05, 3.63) is 41.7 Å². The summed E-state index contributed by atoms with van der Waals surface area (Å²) in [5.41, 5.74) is 0.950. The lowest BCUT2D eigenvalue weighted by molar-refractivity contribution is 0.186. The summed E-state index contributed by atoms with van der Waals surface area (Å²) in [6.07, 6.45) is 13.2. The van der Waals surface area contributed by atoms with Gasteiger partial charge in [0, 0.05) is 19.1 Å². The van der Waals surface area contributed by atoms with Gasteiger partial charge >= 0.3 is 6.03 Å². The molecule has 0 unspecified atom stereocenters. The number of nitrogens with one attached hydrogen (secondary N) is 1. The maximum Gasteiger partial charge on any atom is 0.317 e. The Morgan fingerprint density at radius 2 is 1.81 bits per heavy atom. The fourth-order valence-electron chi connectivity index (χ4n) is 3.92. The molecule has 1 aliphatic rings. The van der Waals surface area contributed by atoms with Crippen LogP contribution in [0.15, 0.2) is 30.3 Å². The van der Waals surface area contributed by atoms with Crippen molar-refractivity contribution in [2.75, 3.05) is 13.1 Å². The van der Waals surface area contributed by atoms with Crippen LogP contribution >= 0.6 is 0 Å². The normalized spacial score (nSPS) is 15.0. The molecule has 1 saturated carbocycles. The molecule has 0 saturated heterocycles. The van der Waals surface area contributed by atoms with Crippen molar-refractivity contribution in [1.29, 1.82) is 0 Å². The lowest BCUT2D eigenvalue weighted by Crippen LogP contribution is -2.46. The van der Waals surface area contributed by atoms with Crippen molar-refractivity contribution < 1.29 is 9.18 Å². The maximum atomic E-state index is 13.0. The Balaban J connectivity index is 1.99. The number of carbonyl (C=O) groups excluding carboxylic acids is 1. The molecule has 1 N–H and O–H groups in total. The minimum atomic E-state index is -0.230. The van der Waals surface area contributed by atoms with E-state index in [1.165, 1.54) is 25.0 Å². The molecule has 0 heterocycles. The van der Waals surface area contributed by atoms with Crippen LogP contribution < -0.4 is 5.32 Å². The van der Waals surface area contributed by atoms with Crippen molar-refractivity contribution in [2.45, 2.75) is 71.3 Å². The number of urea groups is 1. The molecule has 3 nitrogen and oxygen atoms in total. The fourth-order valence-corrected chi connectivity index (χ4v) is 3.92. The summed E-state index contributed by atoms with van der Waals surface area (Å²) in [5, 5.41) is 3.23. The van der Waals surface area contributed by atoms with Crippen LogP contribution in [0.2, 0.25) is 0 Å². The number of nitrogens with zero attached hydrogens (tertiary/aromatic N) is 1. The summed E-state index contributed by atoms with van der Waals surface area (Å²) in [5.74, 6) is 0.320. The molecule has 0 aliphatic heterocycles. The summed E-state index contributed by atoms with van der Waals surface area (Å²) in [7, 11) is 0. The zero-order valence-corrected chi connectivity index (χ0v) is 16.9. The smallest absolute Gasteiger partial charge is 0.317 e. The number of benzene rings is 1. The second-order valence-electron chi connectivity index (χ2n) is 7.73. The Bertz CT molecular complexity index is 573. The SMILES string of the molecule is CCCC(CCC)CN(C/C=C/c1ccc(F)cc1)C(=O)NC1CCCC1. The topological polar surface area (TPSA) is 32.3 Å². The molecule has 0 radical (unpaired) electrons. The molecule has 2 amide bonds. The van der Waals surface area contributed by atoms with E-state index in [-0.39, 0.29) is 11.8 Å². The number of hydrogen-bond acceptors (Lipinski definition) is 1. The highest BCUT2D eigenvalue weighted by molar-refractivity contribution is 5.75. The highest BCUT2D eigenvalue weighted by Gasteiger charge is 2.22. The van der Waals surface area contributed by atoms with Gasteiger partial charge in [0.05, 0.1) is 0 Å². The molecule has 2 rings (SSSR count). The predicted molar refractivity (Wildman–Crippen MR) is 111 cm³/mol. The molecule has 1 aromatic carbocycles. The van der Waals surface area contributed by atoms with Crippen LogP contribution in [-0.2, 0) is 0 Å². The van der Waals surface area contributed by atoms with Crippen LogP contribution in [0.4, 0.5) is 9.18 Å². The highest BCUT2D eigenvalue weighted by atomic mass is 19.1. The molecule has 0 aromatic heterocycles. The zero-order chi connectivity index (χ0) is 19.5. The van der Waals surface area contributed by atoms with Crippen LogP contribution in [0.3, 0.4) is 0 Å². The predicted octanol–water partition coefficient (Wildman–Crippen LogP) is 6.01. The second-order valence-corrected chi connectivity index (χ2v) is 7.73. The van der Waals surface area contributed by atoms with Gasteiger partial charge in [-0.05, 0) is 49.3 Å². The van der Waals surface area contributed by atoms with E-state index < -0.39 is 0 Å². The Morgan fingerprint density at radius 1 is 1.19 bits per heavy atom. The fraction of sp³-hybridized carbons (Fsp3) is 0.609. The Labute approximate surface area is 164 Å². The minimum absolute atomic E-state index is 0.0582. The second kappa shape index (κ2) is 11.8. The van der Waals surface area contributed by atoms with Crippen LogP contribution in [0.5, 0.6) is 0 Å². The van der Waals surface area contributed by atoms with Crippen molar-refractivity contribution in [3.8, 4) is 0 Å². The number of amides is 2. The van der Waals surface area contributed by atoms with Crippen LogP contribution in [-0.4, -0.2) is 30.1 Å². The average Bonchev–Trinajstić information content (AvgIpc) is 3.16. The molecule has 150 valence electrons. The molecule has 0 bridgehead atoms. The van der Waals surface area contributed by atoms with Crippen LogP contribution in [0.25, 0.3) is 6.08 Å². The van der Waals surface area contributed by atoms with Gasteiger partial charge in [0.15, 0.2) is 0 Å². The number of carbonyl (C=O) groups is 1. The lowest BCUT2D eigenvalue weighted by Gasteiger charge is -2.28. The van der Waals surface area contributed by atoms with Gasteiger partial charge in [-0.2, -0.15) is 0 Å². The van der Waals surface area contributed by atoms with Gasteiger partial charge < -0.3 is 10.2 Å². The molecular formula is C23H35FN2O. The lowest BCUT2D eigenvalue weighted by atomic mass is 9.97. The molecule has 27 heavy (non-hydrogen) atoms. The van der Waals surface area contributed by atoms with Gasteiger partial charge in [0.25, 0.3) is 0 Å². The molecular weight excluding hydrogens is 339 g/mol. The van der Waals surface area contributed by atoms with Crippen LogP contribution in [0, 0.1) is 11.7 Å². The summed E-state index contributed by atoms with van der Waals surface area (Å²) in [6.45, 7) is 5.80. The third-order valence-corrected chi connectivity index (χ3v) is 5.35. The molecule has 1 aliphatic carbocycles. The Kier molecular flexibility index (Phi) is 9.37. The van der Waals surface area contributed by atoms with E-state index in [9.17, 15) is 9.18 Å². The molecule has 0 spiro atoms. The average molecular weight is 375 g/mol. The largest absolute Gasteiger partial charge is 0.335 e. The summed E-state index contributed by atoms with van der Waals surface area (Å²) < 4.78 is 13.0. The van der Waals surface area contributed by atoms with E-state index in [1.807, 2.05) is 17.1 Å². The third kappa shape index (κ3) is 7.74. The quantitative estimate of drug-likeness (QED) is 0.534. The molecule has 0 atom stereocenters. The van der Waals surface area contributed by atoms with Gasteiger partial charge in [0.2, 0.25) is 0 Å². The van der Waals surface area contributed by atoms with E-state index in [0.29, 0.717) is 18.5 Å². The van der Waals surface area contributed by atoms with Gasteiger partial charge in [0.1, 0.15) is 5.82 Å². The van der Waals surface area contributed by atoms with Gasteiger partial charge in [-0.3, -0.25) is 0 Å². The minimum Gasteiger partial charge on any atom is -0.335 e. The number of rotatable bonds is 10. The monoisotopic (exact) mass is 374 g/mol. The van der Waals surface area contributed by atoms with E-state index in [4.69, 9.17) is 0 Å². The highest BCUT2D eigenvalue weighted by Crippen LogP contribution is 2.19. The Morgan fingerprint density at radius 3 is 2.41 bits per heavy atom. The zero-order valence-electron chi connectivity index (χ0n) is 16.9. The van der Waals surface area contributed by atoms with E-state index >= 15 is 0 Å². The molecule has 1 fully saturated rings. The number of halogens is 1. The Hall–Kier alpha value is -1.84.